The molecular weight excluding hydrogens is 260 g/mol. The molecular formula is C14H14N2O4. The van der Waals surface area contributed by atoms with Gasteiger partial charge in [-0.15, -0.1) is 0 Å². The minimum absolute atomic E-state index is 0.348. The molecule has 1 unspecified atom stereocenters. The summed E-state index contributed by atoms with van der Waals surface area (Å²) >= 11 is 0. The minimum Gasteiger partial charge on any atom is -0.329 e. The van der Waals surface area contributed by atoms with Crippen LogP contribution >= 0.6 is 0 Å². The third kappa shape index (κ3) is 2.59. The summed E-state index contributed by atoms with van der Waals surface area (Å²) in [5, 5.41) is 6.10. The van der Waals surface area contributed by atoms with Crippen molar-refractivity contribution in [3.8, 4) is 0 Å². The lowest BCUT2D eigenvalue weighted by molar-refractivity contribution is -0.147. The van der Waals surface area contributed by atoms with Gasteiger partial charge in [0.25, 0.3) is 5.91 Å². The predicted molar refractivity (Wildman–Crippen MR) is 70.9 cm³/mol. The van der Waals surface area contributed by atoms with Crippen molar-refractivity contribution in [2.45, 2.75) is 25.8 Å². The lowest BCUT2D eigenvalue weighted by Gasteiger charge is -2.22. The molecule has 1 atom stereocenters. The number of ketones is 1. The van der Waals surface area contributed by atoms with Gasteiger partial charge in [0.15, 0.2) is 5.54 Å². The second-order valence-corrected chi connectivity index (χ2v) is 4.71. The zero-order valence-electron chi connectivity index (χ0n) is 11.2. The molecule has 0 saturated carbocycles. The average molecular weight is 274 g/mol. The largest absolute Gasteiger partial charge is 0.365 e. The van der Waals surface area contributed by atoms with Gasteiger partial charge >= 0.3 is 5.97 Å². The Morgan fingerprint density at radius 2 is 1.95 bits per heavy atom. The van der Waals surface area contributed by atoms with Gasteiger partial charge in [-0.25, -0.2) is 4.79 Å². The SMILES string of the molecule is CC(=O)C(=O)NC1(C)C(=O)ON=C1Cc1ccccc1. The Balaban J connectivity index is 2.21. The van der Waals surface area contributed by atoms with Crippen LogP contribution in [-0.4, -0.2) is 28.9 Å². The van der Waals surface area contributed by atoms with E-state index in [1.165, 1.54) is 6.92 Å². The van der Waals surface area contributed by atoms with Crippen LogP contribution in [0.5, 0.6) is 0 Å². The molecule has 6 nitrogen and oxygen atoms in total. The van der Waals surface area contributed by atoms with E-state index < -0.39 is 23.2 Å². The summed E-state index contributed by atoms with van der Waals surface area (Å²) in [7, 11) is 0. The van der Waals surface area contributed by atoms with Crippen LogP contribution in [0.4, 0.5) is 0 Å². The van der Waals surface area contributed by atoms with E-state index in [4.69, 9.17) is 0 Å². The smallest absolute Gasteiger partial charge is 0.329 e. The third-order valence-electron chi connectivity index (χ3n) is 3.12. The number of benzene rings is 1. The molecule has 0 fully saturated rings. The van der Waals surface area contributed by atoms with Crippen LogP contribution in [0, 0.1) is 0 Å². The molecule has 20 heavy (non-hydrogen) atoms. The molecule has 1 aliphatic rings. The molecule has 0 bridgehead atoms. The highest BCUT2D eigenvalue weighted by atomic mass is 16.7. The molecule has 0 aliphatic carbocycles. The third-order valence-corrected chi connectivity index (χ3v) is 3.12. The predicted octanol–water partition coefficient (Wildman–Crippen LogP) is 0.606. The number of rotatable bonds is 4. The van der Waals surface area contributed by atoms with Crippen LogP contribution in [0.25, 0.3) is 0 Å². The Morgan fingerprint density at radius 3 is 2.55 bits per heavy atom. The van der Waals surface area contributed by atoms with Crippen molar-refractivity contribution in [1.82, 2.24) is 5.32 Å². The van der Waals surface area contributed by atoms with E-state index in [1.807, 2.05) is 30.3 Å². The maximum atomic E-state index is 11.8. The van der Waals surface area contributed by atoms with Crippen molar-refractivity contribution in [3.05, 3.63) is 35.9 Å². The maximum absolute atomic E-state index is 11.8. The highest BCUT2D eigenvalue weighted by molar-refractivity contribution is 6.37. The molecule has 0 radical (unpaired) electrons. The first-order valence-corrected chi connectivity index (χ1v) is 6.09. The molecule has 6 heteroatoms. The van der Waals surface area contributed by atoms with Crippen LogP contribution in [0.3, 0.4) is 0 Å². The Kier molecular flexibility index (Phi) is 3.65. The van der Waals surface area contributed by atoms with Crippen molar-refractivity contribution < 1.29 is 19.2 Å². The number of carbonyl (C=O) groups excluding carboxylic acids is 3. The minimum atomic E-state index is -1.40. The van der Waals surface area contributed by atoms with Gasteiger partial charge in [0.2, 0.25) is 5.78 Å². The van der Waals surface area contributed by atoms with E-state index in [0.29, 0.717) is 12.1 Å². The van der Waals surface area contributed by atoms with Crippen LogP contribution in [0.1, 0.15) is 19.4 Å². The molecule has 1 aromatic carbocycles. The fraction of sp³-hybridized carbons (Fsp3) is 0.286. The van der Waals surface area contributed by atoms with Crippen molar-refractivity contribution in [3.63, 3.8) is 0 Å². The Morgan fingerprint density at radius 1 is 1.30 bits per heavy atom. The first kappa shape index (κ1) is 13.9. The van der Waals surface area contributed by atoms with Gasteiger partial charge in [-0.3, -0.25) is 9.59 Å². The van der Waals surface area contributed by atoms with E-state index in [-0.39, 0.29) is 0 Å². The van der Waals surface area contributed by atoms with Gasteiger partial charge in [-0.2, -0.15) is 0 Å². The number of Topliss-reactive ketones (excluding diaryl/α,β-unsaturated/α-hetero) is 1. The number of hydrogen-bond donors (Lipinski definition) is 1. The van der Waals surface area contributed by atoms with Crippen LogP contribution in [0.15, 0.2) is 35.5 Å². The maximum Gasteiger partial charge on any atom is 0.365 e. The second-order valence-electron chi connectivity index (χ2n) is 4.71. The van der Waals surface area contributed by atoms with Gasteiger partial charge in [0.05, 0.1) is 5.71 Å². The fourth-order valence-electron chi connectivity index (χ4n) is 1.83. The zero-order valence-corrected chi connectivity index (χ0v) is 11.2. The Bertz CT molecular complexity index is 594. The molecule has 104 valence electrons. The fourth-order valence-corrected chi connectivity index (χ4v) is 1.83. The summed E-state index contributed by atoms with van der Waals surface area (Å²) in [5.41, 5.74) is -0.116. The van der Waals surface area contributed by atoms with Crippen molar-refractivity contribution in [2.24, 2.45) is 5.16 Å². The zero-order chi connectivity index (χ0) is 14.8. The van der Waals surface area contributed by atoms with E-state index in [0.717, 1.165) is 12.5 Å². The van der Waals surface area contributed by atoms with E-state index in [1.54, 1.807) is 0 Å². The molecule has 1 aliphatic heterocycles. The summed E-state index contributed by atoms with van der Waals surface area (Å²) in [5.74, 6) is -2.21. The highest BCUT2D eigenvalue weighted by Crippen LogP contribution is 2.20. The van der Waals surface area contributed by atoms with E-state index in [9.17, 15) is 14.4 Å². The molecule has 2 rings (SSSR count). The topological polar surface area (TPSA) is 84.8 Å². The number of nitrogens with one attached hydrogen (secondary N) is 1. The summed E-state index contributed by atoms with van der Waals surface area (Å²) in [6.07, 6.45) is 0.348. The summed E-state index contributed by atoms with van der Waals surface area (Å²) in [6.45, 7) is 2.61. The molecule has 1 aromatic rings. The number of carbonyl (C=O) groups is 3. The standard InChI is InChI=1S/C14H14N2O4/c1-9(17)12(18)15-14(2)11(16-20-13(14)19)8-10-6-4-3-5-7-10/h3-7H,8H2,1-2H3,(H,15,18). The highest BCUT2D eigenvalue weighted by Gasteiger charge is 2.47. The number of hydrogen-bond acceptors (Lipinski definition) is 5. The van der Waals surface area contributed by atoms with Gasteiger partial charge in [-0.05, 0) is 12.5 Å². The van der Waals surface area contributed by atoms with Gasteiger partial charge in [0, 0.05) is 13.3 Å². The first-order chi connectivity index (χ1) is 9.43. The van der Waals surface area contributed by atoms with Gasteiger partial charge in [-0.1, -0.05) is 35.5 Å². The summed E-state index contributed by atoms with van der Waals surface area (Å²) in [6, 6.07) is 9.34. The second kappa shape index (κ2) is 5.24. The van der Waals surface area contributed by atoms with Gasteiger partial charge < -0.3 is 10.2 Å². The Labute approximate surface area is 115 Å². The van der Waals surface area contributed by atoms with Crippen LogP contribution in [0.2, 0.25) is 0 Å². The van der Waals surface area contributed by atoms with Crippen molar-refractivity contribution >= 4 is 23.4 Å². The molecule has 0 spiro atoms. The first-order valence-electron chi connectivity index (χ1n) is 6.09. The quantitative estimate of drug-likeness (QED) is 0.644. The van der Waals surface area contributed by atoms with Gasteiger partial charge in [0.1, 0.15) is 0 Å². The number of nitrogens with zero attached hydrogens (tertiary/aromatic N) is 1. The number of amides is 1. The normalized spacial score (nSPS) is 21.1. The summed E-state index contributed by atoms with van der Waals surface area (Å²) < 4.78 is 0. The molecule has 1 N–H and O–H groups in total. The lowest BCUT2D eigenvalue weighted by atomic mass is 9.91. The Hall–Kier alpha value is -2.50. The van der Waals surface area contributed by atoms with E-state index >= 15 is 0 Å². The monoisotopic (exact) mass is 274 g/mol. The van der Waals surface area contributed by atoms with Crippen LogP contribution < -0.4 is 5.32 Å². The van der Waals surface area contributed by atoms with Crippen LogP contribution in [-0.2, 0) is 25.6 Å². The molecule has 1 heterocycles. The lowest BCUT2D eigenvalue weighted by Crippen LogP contribution is -2.57. The van der Waals surface area contributed by atoms with E-state index in [2.05, 4.69) is 15.3 Å². The number of oxime groups is 1. The van der Waals surface area contributed by atoms with Crippen molar-refractivity contribution in [1.29, 1.82) is 0 Å². The van der Waals surface area contributed by atoms with Crippen molar-refractivity contribution in [2.75, 3.05) is 0 Å². The molecule has 1 amide bonds. The molecule has 0 saturated heterocycles. The molecule has 0 aromatic heterocycles. The average Bonchev–Trinajstić information content (AvgIpc) is 2.68. The summed E-state index contributed by atoms with van der Waals surface area (Å²) in [4.78, 5) is 39.0.